The summed E-state index contributed by atoms with van der Waals surface area (Å²) in [7, 11) is 0. The van der Waals surface area contributed by atoms with Crippen molar-refractivity contribution in [1.29, 1.82) is 0 Å². The number of hydrogen-bond acceptors (Lipinski definition) is 12. The maximum Gasteiger partial charge on any atom is 0.270 e. The molecule has 0 spiro atoms. The monoisotopic (exact) mass is 841 g/mol. The number of piperidine rings is 1. The van der Waals surface area contributed by atoms with E-state index in [4.69, 9.17) is 16.1 Å². The first kappa shape index (κ1) is 39.7. The second-order valence-electron chi connectivity index (χ2n) is 17.3. The molecule has 5 aliphatic rings. The van der Waals surface area contributed by atoms with Gasteiger partial charge in [-0.2, -0.15) is 4.98 Å². The van der Waals surface area contributed by atoms with Crippen molar-refractivity contribution in [2.45, 2.75) is 56.7 Å². The van der Waals surface area contributed by atoms with E-state index in [9.17, 15) is 23.9 Å². The molecule has 1 saturated carbocycles. The molecule has 3 aromatic heterocycles. The predicted molar refractivity (Wildman–Crippen MR) is 228 cm³/mol. The van der Waals surface area contributed by atoms with Crippen LogP contribution in [0.5, 0.6) is 11.6 Å². The number of phenolic OH excluding ortho intramolecular Hbond substituents is 1. The second-order valence-corrected chi connectivity index (χ2v) is 17.3. The summed E-state index contributed by atoms with van der Waals surface area (Å²) < 4.78 is 38.6. The van der Waals surface area contributed by atoms with Crippen molar-refractivity contribution < 1.29 is 33.0 Å². The zero-order chi connectivity index (χ0) is 42.7. The van der Waals surface area contributed by atoms with E-state index in [1.165, 1.54) is 24.3 Å². The topological polar surface area (TPSA) is 165 Å². The molecule has 10 rings (SSSR count). The van der Waals surface area contributed by atoms with Crippen LogP contribution in [0.15, 0.2) is 54.9 Å². The standard InChI is InChI=1S/C46H45F2N9O5/c1-2-31-35(47)7-3-26-17-30(58)18-33(40(26)31)42-41(48)32-19-39(54-43(34(32)21-50-42)57-22-27-4-5-28(23-57)51-27)62-25-46(11-12-46)24-55-13-15-56(16-14-55)29-6-8-36(49-20-29)44(60)52-37-9-10-38(59)53-45(37)61/h1,3,6-8,17-21,27-28,37,51,58H,4-5,9-16,22-25H2,(H,52,60)(H,53,59,61). The maximum atomic E-state index is 17.1. The van der Waals surface area contributed by atoms with Crippen LogP contribution in [0.3, 0.4) is 0 Å². The summed E-state index contributed by atoms with van der Waals surface area (Å²) in [4.78, 5) is 57.1. The fourth-order valence-electron chi connectivity index (χ4n) is 9.53. The maximum absolute atomic E-state index is 17.1. The Morgan fingerprint density at radius 3 is 2.47 bits per heavy atom. The van der Waals surface area contributed by atoms with Crippen molar-refractivity contribution in [1.82, 2.24) is 35.8 Å². The van der Waals surface area contributed by atoms with Crippen LogP contribution >= 0.6 is 0 Å². The Morgan fingerprint density at radius 2 is 1.76 bits per heavy atom. The second kappa shape index (κ2) is 15.8. The first-order chi connectivity index (χ1) is 30.0. The Labute approximate surface area is 356 Å². The number of nitrogens with one attached hydrogen (secondary N) is 3. The van der Waals surface area contributed by atoms with Crippen LogP contribution in [0.1, 0.15) is 54.6 Å². The lowest BCUT2D eigenvalue weighted by atomic mass is 9.95. The molecule has 2 bridgehead atoms. The van der Waals surface area contributed by atoms with E-state index in [1.54, 1.807) is 24.5 Å². The summed E-state index contributed by atoms with van der Waals surface area (Å²) in [6.07, 6.45) is 13.5. The number of anilines is 2. The SMILES string of the molecule is C#Cc1c(F)ccc2cc(O)cc(-c3ncc4c(N5CC6CCC(C5)N6)nc(OCC5(CN6CCN(c7ccc(C(=O)NC8CCC(=O)NC8=O)nc7)CC6)CC5)cc4c3F)c12. The number of carbonyl (C=O) groups excluding carboxylic acids is 3. The molecule has 3 atom stereocenters. The lowest BCUT2D eigenvalue weighted by Crippen LogP contribution is -2.52. The number of hydrogen-bond donors (Lipinski definition) is 4. The molecule has 5 fully saturated rings. The molecular weight excluding hydrogens is 797 g/mol. The highest BCUT2D eigenvalue weighted by Crippen LogP contribution is 2.47. The van der Waals surface area contributed by atoms with Gasteiger partial charge in [0.1, 0.15) is 34.8 Å². The van der Waals surface area contributed by atoms with Gasteiger partial charge in [0, 0.05) is 104 Å². The molecule has 318 valence electrons. The Bertz CT molecular complexity index is 2670. The predicted octanol–water partition coefficient (Wildman–Crippen LogP) is 4.27. The molecule has 4 saturated heterocycles. The highest BCUT2D eigenvalue weighted by molar-refractivity contribution is 6.04. The number of benzene rings is 2. The molecule has 1 aliphatic carbocycles. The van der Waals surface area contributed by atoms with Crippen molar-refractivity contribution in [2.24, 2.45) is 5.41 Å². The fourth-order valence-corrected chi connectivity index (χ4v) is 9.53. The van der Waals surface area contributed by atoms with E-state index in [1.807, 2.05) is 6.07 Å². The van der Waals surface area contributed by atoms with Crippen LogP contribution in [0.2, 0.25) is 0 Å². The van der Waals surface area contributed by atoms with E-state index < -0.39 is 29.5 Å². The van der Waals surface area contributed by atoms with E-state index in [0.29, 0.717) is 59.6 Å². The third-order valence-corrected chi connectivity index (χ3v) is 13.1. The summed E-state index contributed by atoms with van der Waals surface area (Å²) in [5.41, 5.74) is 1.10. The molecule has 0 radical (unpaired) electrons. The highest BCUT2D eigenvalue weighted by Gasteiger charge is 2.45. The first-order valence-electron chi connectivity index (χ1n) is 21.2. The number of carbonyl (C=O) groups is 3. The fraction of sp³-hybridized carbons (Fsp3) is 0.391. The van der Waals surface area contributed by atoms with Gasteiger partial charge in [0.25, 0.3) is 5.91 Å². The van der Waals surface area contributed by atoms with E-state index in [2.05, 4.69) is 46.5 Å². The Balaban J connectivity index is 0.848. The van der Waals surface area contributed by atoms with E-state index >= 15 is 4.39 Å². The molecule has 62 heavy (non-hydrogen) atoms. The Hall–Kier alpha value is -6.44. The molecule has 5 aromatic rings. The molecule has 3 unspecified atom stereocenters. The minimum absolute atomic E-state index is 0.0346. The molecule has 7 heterocycles. The summed E-state index contributed by atoms with van der Waals surface area (Å²) in [6.45, 7) is 5.84. The van der Waals surface area contributed by atoms with Gasteiger partial charge < -0.3 is 30.3 Å². The van der Waals surface area contributed by atoms with Gasteiger partial charge in [-0.25, -0.2) is 13.8 Å². The van der Waals surface area contributed by atoms with E-state index in [0.717, 1.165) is 64.1 Å². The number of pyridine rings is 3. The largest absolute Gasteiger partial charge is 0.508 e. The molecule has 4 N–H and O–H groups in total. The number of aromatic nitrogens is 3. The average molecular weight is 842 g/mol. The zero-order valence-electron chi connectivity index (χ0n) is 33.9. The number of rotatable bonds is 10. The van der Waals surface area contributed by atoms with Crippen LogP contribution in [-0.2, 0) is 9.59 Å². The third kappa shape index (κ3) is 7.60. The summed E-state index contributed by atoms with van der Waals surface area (Å²) in [5.74, 6) is 0.595. The van der Waals surface area contributed by atoms with Crippen LogP contribution in [0.4, 0.5) is 20.3 Å². The van der Waals surface area contributed by atoms with Crippen LogP contribution < -0.4 is 30.5 Å². The molecule has 4 aliphatic heterocycles. The van der Waals surface area contributed by atoms with Gasteiger partial charge in [0.15, 0.2) is 5.82 Å². The van der Waals surface area contributed by atoms with Crippen LogP contribution in [0.25, 0.3) is 32.8 Å². The number of phenols is 1. The number of terminal acetylenes is 1. The summed E-state index contributed by atoms with van der Waals surface area (Å²) >= 11 is 0. The van der Waals surface area contributed by atoms with Crippen molar-refractivity contribution in [3.05, 3.63) is 77.8 Å². The first-order valence-corrected chi connectivity index (χ1v) is 21.2. The van der Waals surface area contributed by atoms with E-state index in [-0.39, 0.29) is 57.8 Å². The van der Waals surface area contributed by atoms with Crippen molar-refractivity contribution >= 4 is 50.8 Å². The van der Waals surface area contributed by atoms with Gasteiger partial charge in [-0.3, -0.25) is 29.6 Å². The van der Waals surface area contributed by atoms with Crippen molar-refractivity contribution in [3.63, 3.8) is 0 Å². The number of fused-ring (bicyclic) bond motifs is 4. The number of nitrogens with zero attached hydrogens (tertiary/aromatic N) is 6. The van der Waals surface area contributed by atoms with Gasteiger partial charge in [-0.15, -0.1) is 6.42 Å². The quantitative estimate of drug-likeness (QED) is 0.117. The van der Waals surface area contributed by atoms with Gasteiger partial charge in [-0.05, 0) is 67.8 Å². The van der Waals surface area contributed by atoms with Gasteiger partial charge in [-0.1, -0.05) is 12.0 Å². The van der Waals surface area contributed by atoms with Gasteiger partial charge in [0.05, 0.1) is 24.1 Å². The van der Waals surface area contributed by atoms with Gasteiger partial charge in [0.2, 0.25) is 17.7 Å². The smallest absolute Gasteiger partial charge is 0.270 e. The Morgan fingerprint density at radius 1 is 0.968 bits per heavy atom. The third-order valence-electron chi connectivity index (χ3n) is 13.1. The number of ether oxygens (including phenoxy) is 1. The lowest BCUT2D eigenvalue weighted by molar-refractivity contribution is -0.134. The highest BCUT2D eigenvalue weighted by atomic mass is 19.1. The molecule has 16 heteroatoms. The molecule has 3 amide bonds. The zero-order valence-corrected chi connectivity index (χ0v) is 33.9. The normalized spacial score (nSPS) is 22.1. The molecule has 2 aromatic carbocycles. The number of imide groups is 1. The number of amides is 3. The lowest BCUT2D eigenvalue weighted by Gasteiger charge is -2.37. The summed E-state index contributed by atoms with van der Waals surface area (Å²) in [6, 6.07) is 10.5. The van der Waals surface area contributed by atoms with Crippen molar-refractivity contribution in [2.75, 3.05) is 62.2 Å². The van der Waals surface area contributed by atoms with Gasteiger partial charge >= 0.3 is 0 Å². The number of halogens is 2. The summed E-state index contributed by atoms with van der Waals surface area (Å²) in [5, 5.41) is 20.8. The van der Waals surface area contributed by atoms with Crippen molar-refractivity contribution in [3.8, 4) is 35.2 Å². The van der Waals surface area contributed by atoms with Crippen LogP contribution in [-0.4, -0.2) is 113 Å². The average Bonchev–Trinajstić information content (AvgIpc) is 3.96. The molecule has 14 nitrogen and oxygen atoms in total. The molecular formula is C46H45F2N9O5. The number of aromatic hydroxyl groups is 1. The Kier molecular flexibility index (Phi) is 10.1. The minimum Gasteiger partial charge on any atom is -0.508 e. The minimum atomic E-state index is -0.770. The number of piperazine rings is 2. The van der Waals surface area contributed by atoms with Crippen LogP contribution in [0, 0.1) is 29.4 Å².